The van der Waals surface area contributed by atoms with Crippen molar-refractivity contribution in [2.24, 2.45) is 7.05 Å². The number of rotatable bonds is 5. The van der Waals surface area contributed by atoms with Gasteiger partial charge >= 0.3 is 0 Å². The molecule has 0 atom stereocenters. The smallest absolute Gasteiger partial charge is 0.266 e. The second-order valence-corrected chi connectivity index (χ2v) is 8.72. The number of para-hydroxylation sites is 1. The van der Waals surface area contributed by atoms with Crippen LogP contribution in [0.15, 0.2) is 52.4 Å². The van der Waals surface area contributed by atoms with Crippen molar-refractivity contribution in [3.8, 4) is 5.69 Å². The van der Waals surface area contributed by atoms with E-state index in [1.807, 2.05) is 71.1 Å². The fourth-order valence-electron chi connectivity index (χ4n) is 3.66. The molecule has 0 radical (unpaired) electrons. The van der Waals surface area contributed by atoms with Crippen LogP contribution in [0.25, 0.3) is 16.6 Å². The van der Waals surface area contributed by atoms with Crippen molar-refractivity contribution >= 4 is 34.3 Å². The third-order valence-electron chi connectivity index (χ3n) is 5.67. The molecule has 32 heavy (non-hydrogen) atoms. The van der Waals surface area contributed by atoms with Crippen molar-refractivity contribution in [3.63, 3.8) is 0 Å². The average Bonchev–Trinajstić information content (AvgIpc) is 3.01. The van der Waals surface area contributed by atoms with Gasteiger partial charge in [0.1, 0.15) is 0 Å². The summed E-state index contributed by atoms with van der Waals surface area (Å²) in [7, 11) is 1.84. The molecule has 0 aliphatic rings. The Morgan fingerprint density at radius 3 is 2.53 bits per heavy atom. The third-order valence-corrected chi connectivity index (χ3v) is 6.61. The van der Waals surface area contributed by atoms with Gasteiger partial charge in [-0.3, -0.25) is 18.8 Å². The maximum Gasteiger partial charge on any atom is 0.266 e. The van der Waals surface area contributed by atoms with Crippen LogP contribution in [-0.4, -0.2) is 31.0 Å². The minimum absolute atomic E-state index is 0.115. The Balaban J connectivity index is 1.72. The molecule has 8 heteroatoms. The molecule has 2 aromatic carbocycles. The highest BCUT2D eigenvalue weighted by atomic mass is 32.2. The molecule has 4 aromatic rings. The van der Waals surface area contributed by atoms with Gasteiger partial charge in [0, 0.05) is 7.05 Å². The van der Waals surface area contributed by atoms with E-state index in [-0.39, 0.29) is 17.2 Å². The number of fused-ring (bicyclic) bond motifs is 1. The lowest BCUT2D eigenvalue weighted by molar-refractivity contribution is -0.113. The van der Waals surface area contributed by atoms with E-state index in [0.29, 0.717) is 16.1 Å². The van der Waals surface area contributed by atoms with E-state index in [1.54, 1.807) is 15.3 Å². The molecule has 0 bridgehead atoms. The molecule has 1 N–H and O–H groups in total. The Bertz CT molecular complexity index is 1400. The normalized spacial score (nSPS) is 11.2. The monoisotopic (exact) mass is 447 g/mol. The highest BCUT2D eigenvalue weighted by Gasteiger charge is 2.18. The van der Waals surface area contributed by atoms with Crippen molar-refractivity contribution in [2.75, 3.05) is 11.1 Å². The summed E-state index contributed by atoms with van der Waals surface area (Å²) in [4.78, 5) is 30.9. The van der Waals surface area contributed by atoms with E-state index >= 15 is 0 Å². The molecule has 0 spiro atoms. The van der Waals surface area contributed by atoms with E-state index in [4.69, 9.17) is 4.98 Å². The SMILES string of the molecule is Cc1cccc(-n2c(SCC(=O)Nc3c(C)nn(C)c3C)nc3ccccc3c2=O)c1C. The van der Waals surface area contributed by atoms with Gasteiger partial charge < -0.3 is 5.32 Å². The second kappa shape index (κ2) is 8.63. The van der Waals surface area contributed by atoms with Crippen LogP contribution in [0, 0.1) is 27.7 Å². The van der Waals surface area contributed by atoms with E-state index in [1.165, 1.54) is 11.8 Å². The lowest BCUT2D eigenvalue weighted by atomic mass is 10.1. The molecule has 7 nitrogen and oxygen atoms in total. The summed E-state index contributed by atoms with van der Waals surface area (Å²) in [5.74, 6) is -0.0622. The fraction of sp³-hybridized carbons (Fsp3) is 0.250. The van der Waals surface area contributed by atoms with E-state index in [9.17, 15) is 9.59 Å². The van der Waals surface area contributed by atoms with Gasteiger partial charge in [-0.15, -0.1) is 0 Å². The van der Waals surface area contributed by atoms with Crippen molar-refractivity contribution in [1.29, 1.82) is 0 Å². The maximum atomic E-state index is 13.4. The summed E-state index contributed by atoms with van der Waals surface area (Å²) in [6.07, 6.45) is 0. The zero-order valence-corrected chi connectivity index (χ0v) is 19.6. The summed E-state index contributed by atoms with van der Waals surface area (Å²) >= 11 is 1.24. The Morgan fingerprint density at radius 2 is 1.81 bits per heavy atom. The minimum Gasteiger partial charge on any atom is -0.322 e. The molecule has 0 aliphatic heterocycles. The van der Waals surface area contributed by atoms with Crippen molar-refractivity contribution in [1.82, 2.24) is 19.3 Å². The standard InChI is InChI=1S/C24H25N5O2S/c1-14-9-8-12-20(15(14)2)29-23(31)18-10-6-7-11-19(18)25-24(29)32-13-21(30)26-22-16(3)27-28(5)17(22)4/h6-12H,13H2,1-5H3,(H,26,30). The highest BCUT2D eigenvalue weighted by Crippen LogP contribution is 2.25. The number of aromatic nitrogens is 4. The van der Waals surface area contributed by atoms with Crippen molar-refractivity contribution < 1.29 is 4.79 Å². The first-order valence-electron chi connectivity index (χ1n) is 10.3. The van der Waals surface area contributed by atoms with E-state index in [0.717, 1.165) is 33.9 Å². The molecule has 0 aliphatic carbocycles. The fourth-order valence-corrected chi connectivity index (χ4v) is 4.47. The van der Waals surface area contributed by atoms with Gasteiger partial charge in [0.05, 0.1) is 39.4 Å². The predicted molar refractivity (Wildman–Crippen MR) is 129 cm³/mol. The Hall–Kier alpha value is -3.39. The van der Waals surface area contributed by atoms with Gasteiger partial charge in [0.2, 0.25) is 5.91 Å². The molecule has 2 heterocycles. The Kier molecular flexibility index (Phi) is 5.88. The number of nitrogens with zero attached hydrogens (tertiary/aromatic N) is 4. The molecule has 0 saturated carbocycles. The lowest BCUT2D eigenvalue weighted by Crippen LogP contribution is -2.23. The maximum absolute atomic E-state index is 13.4. The number of carbonyl (C=O) groups is 1. The van der Waals surface area contributed by atoms with Crippen LogP contribution in [0.1, 0.15) is 22.5 Å². The van der Waals surface area contributed by atoms with E-state index in [2.05, 4.69) is 10.4 Å². The zero-order chi connectivity index (χ0) is 23.0. The van der Waals surface area contributed by atoms with Gasteiger partial charge in [0.25, 0.3) is 5.56 Å². The third kappa shape index (κ3) is 3.93. The number of carbonyl (C=O) groups excluding carboxylic acids is 1. The van der Waals surface area contributed by atoms with Crippen molar-refractivity contribution in [2.45, 2.75) is 32.9 Å². The van der Waals surface area contributed by atoms with Crippen LogP contribution in [-0.2, 0) is 11.8 Å². The van der Waals surface area contributed by atoms with Gasteiger partial charge in [-0.25, -0.2) is 4.98 Å². The molecule has 0 fully saturated rings. The second-order valence-electron chi connectivity index (χ2n) is 7.78. The van der Waals surface area contributed by atoms with Gasteiger partial charge in [0.15, 0.2) is 5.16 Å². The van der Waals surface area contributed by atoms with Gasteiger partial charge in [-0.05, 0) is 57.0 Å². The quantitative estimate of drug-likeness (QED) is 0.368. The molecule has 2 aromatic heterocycles. The largest absolute Gasteiger partial charge is 0.322 e. The van der Waals surface area contributed by atoms with Gasteiger partial charge in [-0.2, -0.15) is 5.10 Å². The van der Waals surface area contributed by atoms with Crippen LogP contribution < -0.4 is 10.9 Å². The molecule has 0 unspecified atom stereocenters. The summed E-state index contributed by atoms with van der Waals surface area (Å²) in [5, 5.41) is 8.31. The average molecular weight is 448 g/mol. The molecule has 4 rings (SSSR count). The first kappa shape index (κ1) is 21.8. The number of nitrogens with one attached hydrogen (secondary N) is 1. The Morgan fingerprint density at radius 1 is 1.06 bits per heavy atom. The highest BCUT2D eigenvalue weighted by molar-refractivity contribution is 7.99. The number of benzene rings is 2. The van der Waals surface area contributed by atoms with Crippen LogP contribution in [0.4, 0.5) is 5.69 Å². The zero-order valence-electron chi connectivity index (χ0n) is 18.8. The minimum atomic E-state index is -0.177. The molecular weight excluding hydrogens is 422 g/mol. The number of amides is 1. The molecule has 1 amide bonds. The number of anilines is 1. The number of hydrogen-bond acceptors (Lipinski definition) is 5. The van der Waals surface area contributed by atoms with Crippen molar-refractivity contribution in [3.05, 3.63) is 75.3 Å². The van der Waals surface area contributed by atoms with E-state index < -0.39 is 0 Å². The van der Waals surface area contributed by atoms with Gasteiger partial charge in [-0.1, -0.05) is 36.0 Å². The Labute approximate surface area is 190 Å². The van der Waals surface area contributed by atoms with Crippen LogP contribution in [0.2, 0.25) is 0 Å². The van der Waals surface area contributed by atoms with Crippen LogP contribution >= 0.6 is 11.8 Å². The summed E-state index contributed by atoms with van der Waals surface area (Å²) in [5.41, 5.74) is 5.69. The molecular formula is C24H25N5O2S. The van der Waals surface area contributed by atoms with Crippen LogP contribution in [0.5, 0.6) is 0 Å². The number of hydrogen-bond donors (Lipinski definition) is 1. The molecule has 164 valence electrons. The molecule has 0 saturated heterocycles. The lowest BCUT2D eigenvalue weighted by Gasteiger charge is -2.16. The summed E-state index contributed by atoms with van der Waals surface area (Å²) < 4.78 is 3.35. The topological polar surface area (TPSA) is 81.8 Å². The predicted octanol–water partition coefficient (Wildman–Crippen LogP) is 4.08. The number of thioether (sulfide) groups is 1. The first-order valence-corrected chi connectivity index (χ1v) is 11.3. The number of aryl methyl sites for hydroxylation is 3. The summed E-state index contributed by atoms with van der Waals surface area (Å²) in [6.45, 7) is 7.77. The summed E-state index contributed by atoms with van der Waals surface area (Å²) in [6, 6.07) is 13.1. The first-order chi connectivity index (χ1) is 15.3. The van der Waals surface area contributed by atoms with Crippen LogP contribution in [0.3, 0.4) is 0 Å².